The van der Waals surface area contributed by atoms with Crippen molar-refractivity contribution in [1.29, 1.82) is 0 Å². The van der Waals surface area contributed by atoms with Crippen molar-refractivity contribution in [3.8, 4) is 5.75 Å². The maximum absolute atomic E-state index is 11.9. The molecule has 2 rings (SSSR count). The SMILES string of the molecule is COc1ccc(C2CCN(OC(=O)C(C)(C)C)C2)cc1. The van der Waals surface area contributed by atoms with Crippen molar-refractivity contribution in [1.82, 2.24) is 5.06 Å². The first-order chi connectivity index (χ1) is 9.40. The summed E-state index contributed by atoms with van der Waals surface area (Å²) in [5, 5.41) is 1.78. The van der Waals surface area contributed by atoms with E-state index >= 15 is 0 Å². The highest BCUT2D eigenvalue weighted by Crippen LogP contribution is 2.29. The average Bonchev–Trinajstić information content (AvgIpc) is 2.86. The van der Waals surface area contributed by atoms with Crippen LogP contribution >= 0.6 is 0 Å². The molecule has 4 nitrogen and oxygen atoms in total. The second-order valence-electron chi connectivity index (χ2n) is 6.28. The van der Waals surface area contributed by atoms with Gasteiger partial charge in [0, 0.05) is 19.0 Å². The minimum Gasteiger partial charge on any atom is -0.497 e. The summed E-state index contributed by atoms with van der Waals surface area (Å²) in [5.74, 6) is 1.10. The first kappa shape index (κ1) is 14.9. The van der Waals surface area contributed by atoms with Gasteiger partial charge in [0.1, 0.15) is 5.75 Å². The van der Waals surface area contributed by atoms with Crippen LogP contribution in [0.3, 0.4) is 0 Å². The Hall–Kier alpha value is -1.55. The van der Waals surface area contributed by atoms with E-state index in [-0.39, 0.29) is 5.97 Å². The van der Waals surface area contributed by atoms with Gasteiger partial charge < -0.3 is 9.57 Å². The molecule has 4 heteroatoms. The zero-order valence-corrected chi connectivity index (χ0v) is 12.7. The Morgan fingerprint density at radius 2 is 1.90 bits per heavy atom. The van der Waals surface area contributed by atoms with Crippen molar-refractivity contribution in [3.63, 3.8) is 0 Å². The van der Waals surface area contributed by atoms with Crippen LogP contribution in [0.5, 0.6) is 5.75 Å². The number of hydrogen-bond acceptors (Lipinski definition) is 4. The predicted molar refractivity (Wildman–Crippen MR) is 77.5 cm³/mol. The van der Waals surface area contributed by atoms with Gasteiger partial charge >= 0.3 is 5.97 Å². The number of methoxy groups -OCH3 is 1. The fourth-order valence-electron chi connectivity index (χ4n) is 2.21. The zero-order chi connectivity index (χ0) is 14.8. The highest BCUT2D eigenvalue weighted by molar-refractivity contribution is 5.75. The van der Waals surface area contributed by atoms with Gasteiger partial charge in [0.15, 0.2) is 0 Å². The van der Waals surface area contributed by atoms with Gasteiger partial charge in [-0.05, 0) is 44.9 Å². The fourth-order valence-corrected chi connectivity index (χ4v) is 2.21. The van der Waals surface area contributed by atoms with Crippen molar-refractivity contribution in [2.75, 3.05) is 20.2 Å². The summed E-state index contributed by atoms with van der Waals surface area (Å²) in [6, 6.07) is 8.11. The van der Waals surface area contributed by atoms with E-state index in [1.54, 1.807) is 12.2 Å². The molecule has 1 saturated heterocycles. The molecule has 1 unspecified atom stereocenters. The lowest BCUT2D eigenvalue weighted by Crippen LogP contribution is -2.32. The molecule has 0 amide bonds. The molecular weight excluding hydrogens is 254 g/mol. The molecule has 0 aromatic heterocycles. The third-order valence-electron chi connectivity index (χ3n) is 3.56. The summed E-state index contributed by atoms with van der Waals surface area (Å²) in [6.45, 7) is 7.15. The van der Waals surface area contributed by atoms with Crippen LogP contribution in [0.4, 0.5) is 0 Å². The molecule has 0 bridgehead atoms. The number of ether oxygens (including phenoxy) is 1. The molecule has 1 atom stereocenters. The van der Waals surface area contributed by atoms with E-state index in [9.17, 15) is 4.79 Å². The van der Waals surface area contributed by atoms with Crippen molar-refractivity contribution >= 4 is 5.97 Å². The molecule has 110 valence electrons. The van der Waals surface area contributed by atoms with Gasteiger partial charge in [-0.2, -0.15) is 0 Å². The quantitative estimate of drug-likeness (QED) is 0.851. The molecule has 0 N–H and O–H groups in total. The van der Waals surface area contributed by atoms with Crippen LogP contribution in [0.1, 0.15) is 38.7 Å². The smallest absolute Gasteiger partial charge is 0.330 e. The third-order valence-corrected chi connectivity index (χ3v) is 3.56. The Kier molecular flexibility index (Phi) is 4.33. The summed E-state index contributed by atoms with van der Waals surface area (Å²) in [6.07, 6.45) is 1.00. The summed E-state index contributed by atoms with van der Waals surface area (Å²) in [4.78, 5) is 17.3. The van der Waals surface area contributed by atoms with Gasteiger partial charge in [-0.25, -0.2) is 4.79 Å². The second-order valence-corrected chi connectivity index (χ2v) is 6.28. The van der Waals surface area contributed by atoms with Crippen LogP contribution in [0, 0.1) is 5.41 Å². The lowest BCUT2D eigenvalue weighted by atomic mass is 9.98. The van der Waals surface area contributed by atoms with E-state index in [1.807, 2.05) is 32.9 Å². The topological polar surface area (TPSA) is 38.8 Å². The molecule has 0 aliphatic carbocycles. The molecule has 1 aromatic rings. The van der Waals surface area contributed by atoms with Crippen molar-refractivity contribution < 1.29 is 14.4 Å². The molecule has 1 fully saturated rings. The molecule has 0 radical (unpaired) electrons. The van der Waals surface area contributed by atoms with Gasteiger partial charge in [0.05, 0.1) is 12.5 Å². The minimum absolute atomic E-state index is 0.173. The van der Waals surface area contributed by atoms with Gasteiger partial charge in [0.2, 0.25) is 0 Å². The normalized spacial score (nSPS) is 19.9. The van der Waals surface area contributed by atoms with Gasteiger partial charge in [0.25, 0.3) is 0 Å². The monoisotopic (exact) mass is 277 g/mol. The number of carbonyl (C=O) groups excluding carboxylic acids is 1. The van der Waals surface area contributed by atoms with Crippen LogP contribution in [0.25, 0.3) is 0 Å². The molecule has 1 heterocycles. The lowest BCUT2D eigenvalue weighted by molar-refractivity contribution is -0.195. The average molecular weight is 277 g/mol. The van der Waals surface area contributed by atoms with Gasteiger partial charge in [-0.3, -0.25) is 0 Å². The van der Waals surface area contributed by atoms with E-state index in [0.29, 0.717) is 5.92 Å². The van der Waals surface area contributed by atoms with Crippen LogP contribution in [0.15, 0.2) is 24.3 Å². The van der Waals surface area contributed by atoms with Crippen molar-refractivity contribution in [3.05, 3.63) is 29.8 Å². The summed E-state index contributed by atoms with van der Waals surface area (Å²) in [7, 11) is 1.66. The molecule has 1 aliphatic heterocycles. The van der Waals surface area contributed by atoms with Crippen molar-refractivity contribution in [2.45, 2.75) is 33.1 Å². The van der Waals surface area contributed by atoms with Gasteiger partial charge in [-0.15, -0.1) is 5.06 Å². The number of hydrogen-bond donors (Lipinski definition) is 0. The number of rotatable bonds is 3. The molecular formula is C16H23NO3. The van der Waals surface area contributed by atoms with E-state index in [2.05, 4.69) is 12.1 Å². The highest BCUT2D eigenvalue weighted by atomic mass is 16.7. The number of benzene rings is 1. The van der Waals surface area contributed by atoms with E-state index < -0.39 is 5.41 Å². The molecule has 20 heavy (non-hydrogen) atoms. The van der Waals surface area contributed by atoms with E-state index in [0.717, 1.165) is 25.3 Å². The summed E-state index contributed by atoms with van der Waals surface area (Å²) in [5.41, 5.74) is 0.804. The van der Waals surface area contributed by atoms with Crippen molar-refractivity contribution in [2.24, 2.45) is 5.41 Å². The Morgan fingerprint density at radius 3 is 2.45 bits per heavy atom. The molecule has 1 aliphatic rings. The Labute approximate surface area is 120 Å². The zero-order valence-electron chi connectivity index (χ0n) is 12.7. The summed E-state index contributed by atoms with van der Waals surface area (Å²) < 4.78 is 5.16. The van der Waals surface area contributed by atoms with E-state index in [1.165, 1.54) is 5.56 Å². The maximum Gasteiger partial charge on any atom is 0.330 e. The number of carbonyl (C=O) groups is 1. The maximum atomic E-state index is 11.9. The number of hydroxylamine groups is 2. The minimum atomic E-state index is -0.460. The van der Waals surface area contributed by atoms with Gasteiger partial charge in [-0.1, -0.05) is 12.1 Å². The largest absolute Gasteiger partial charge is 0.497 e. The lowest BCUT2D eigenvalue weighted by Gasteiger charge is -2.22. The van der Waals surface area contributed by atoms with Crippen LogP contribution < -0.4 is 4.74 Å². The first-order valence-electron chi connectivity index (χ1n) is 7.01. The Morgan fingerprint density at radius 1 is 1.25 bits per heavy atom. The fraction of sp³-hybridized carbons (Fsp3) is 0.562. The standard InChI is InChI=1S/C16H23NO3/c1-16(2,3)15(18)20-17-10-9-13(11-17)12-5-7-14(19-4)8-6-12/h5-8,13H,9-11H2,1-4H3. The summed E-state index contributed by atoms with van der Waals surface area (Å²) >= 11 is 0. The number of nitrogens with zero attached hydrogens (tertiary/aromatic N) is 1. The first-order valence-corrected chi connectivity index (χ1v) is 7.01. The molecule has 0 spiro atoms. The van der Waals surface area contributed by atoms with Crippen LogP contribution in [-0.4, -0.2) is 31.2 Å². The Balaban J connectivity index is 1.93. The van der Waals surface area contributed by atoms with E-state index in [4.69, 9.17) is 9.57 Å². The Bertz CT molecular complexity index is 462. The predicted octanol–water partition coefficient (Wildman–Crippen LogP) is 2.99. The second kappa shape index (κ2) is 5.83. The third kappa shape index (κ3) is 3.51. The highest BCUT2D eigenvalue weighted by Gasteiger charge is 2.30. The van der Waals surface area contributed by atoms with Crippen LogP contribution in [-0.2, 0) is 9.63 Å². The molecule has 1 aromatic carbocycles. The molecule has 0 saturated carbocycles. The van der Waals surface area contributed by atoms with Crippen LogP contribution in [0.2, 0.25) is 0 Å².